The second-order valence-electron chi connectivity index (χ2n) is 9.70. The van der Waals surface area contributed by atoms with E-state index in [9.17, 15) is 9.59 Å². The molecule has 0 saturated heterocycles. The van der Waals surface area contributed by atoms with Crippen LogP contribution in [0.2, 0.25) is 0 Å². The van der Waals surface area contributed by atoms with E-state index in [4.69, 9.17) is 4.42 Å². The van der Waals surface area contributed by atoms with Crippen molar-refractivity contribution in [1.82, 2.24) is 10.2 Å². The molecule has 0 fully saturated rings. The summed E-state index contributed by atoms with van der Waals surface area (Å²) < 4.78 is 6.00. The molecule has 5 rings (SSSR count). The monoisotopic (exact) mass is 459 g/mol. The number of benzene rings is 2. The van der Waals surface area contributed by atoms with Crippen LogP contribution in [0, 0.1) is 0 Å². The normalized spacial score (nSPS) is 16.1. The zero-order valence-electron chi connectivity index (χ0n) is 19.2. The molecule has 0 saturated carbocycles. The van der Waals surface area contributed by atoms with Gasteiger partial charge in [0.2, 0.25) is 10.9 Å². The maximum atomic E-state index is 13.6. The van der Waals surface area contributed by atoms with E-state index >= 15 is 0 Å². The number of carbonyl (C=O) groups is 1. The topological polar surface area (TPSA) is 76.3 Å². The Morgan fingerprint density at radius 3 is 2.33 bits per heavy atom. The molecule has 0 spiro atoms. The minimum absolute atomic E-state index is 0.0117. The van der Waals surface area contributed by atoms with Crippen molar-refractivity contribution < 1.29 is 9.21 Å². The summed E-state index contributed by atoms with van der Waals surface area (Å²) in [6.07, 6.45) is 0. The molecule has 0 radical (unpaired) electrons. The molecule has 0 unspecified atom stereocenters. The first kappa shape index (κ1) is 21.5. The molecule has 2 aromatic carbocycles. The number of anilines is 1. The van der Waals surface area contributed by atoms with Gasteiger partial charge in [-0.1, -0.05) is 82.4 Å². The molecule has 1 amide bonds. The van der Waals surface area contributed by atoms with Crippen molar-refractivity contribution in [2.24, 2.45) is 0 Å². The number of aromatic nitrogens is 2. The third-order valence-electron chi connectivity index (χ3n) is 6.00. The molecule has 3 heterocycles. The minimum Gasteiger partial charge on any atom is -0.450 e. The third-order valence-corrected chi connectivity index (χ3v) is 7.22. The number of para-hydroxylation sites is 1. The summed E-state index contributed by atoms with van der Waals surface area (Å²) in [7, 11) is 0. The fourth-order valence-corrected chi connectivity index (χ4v) is 5.03. The second-order valence-corrected chi connectivity index (χ2v) is 10.7. The smallest absolute Gasteiger partial charge is 0.297 e. The summed E-state index contributed by atoms with van der Waals surface area (Å²) in [6, 6.07) is 14.5. The number of hydrogen-bond donors (Lipinski definition) is 0. The average molecular weight is 460 g/mol. The Morgan fingerprint density at radius 2 is 1.70 bits per heavy atom. The van der Waals surface area contributed by atoms with E-state index in [-0.39, 0.29) is 28.4 Å². The van der Waals surface area contributed by atoms with Crippen LogP contribution in [0.15, 0.2) is 57.7 Å². The lowest BCUT2D eigenvalue weighted by Gasteiger charge is -2.24. The van der Waals surface area contributed by atoms with Gasteiger partial charge in [-0.3, -0.25) is 14.5 Å². The molecule has 7 heteroatoms. The second kappa shape index (κ2) is 7.63. The quantitative estimate of drug-likeness (QED) is 0.386. The van der Waals surface area contributed by atoms with Gasteiger partial charge < -0.3 is 4.42 Å². The lowest BCUT2D eigenvalue weighted by Crippen LogP contribution is -2.29. The molecule has 0 N–H and O–H groups in total. The molecule has 0 aliphatic carbocycles. The zero-order valence-corrected chi connectivity index (χ0v) is 20.1. The number of carbonyl (C=O) groups excluding carboxylic acids is 1. The molecule has 1 aliphatic heterocycles. The van der Waals surface area contributed by atoms with Crippen molar-refractivity contribution in [3.63, 3.8) is 0 Å². The van der Waals surface area contributed by atoms with E-state index in [1.807, 2.05) is 26.0 Å². The van der Waals surface area contributed by atoms with Gasteiger partial charge in [0.15, 0.2) is 5.43 Å². The predicted molar refractivity (Wildman–Crippen MR) is 130 cm³/mol. The van der Waals surface area contributed by atoms with Crippen LogP contribution in [0.25, 0.3) is 11.0 Å². The van der Waals surface area contributed by atoms with Crippen LogP contribution in [-0.4, -0.2) is 16.1 Å². The number of fused-ring (bicyclic) bond motifs is 2. The Labute approximate surface area is 195 Å². The number of nitrogens with zero attached hydrogens (tertiary/aromatic N) is 3. The maximum Gasteiger partial charge on any atom is 0.297 e. The van der Waals surface area contributed by atoms with Crippen LogP contribution in [0.3, 0.4) is 0 Å². The fraction of sp³-hybridized carbons (Fsp3) is 0.308. The minimum atomic E-state index is -0.629. The summed E-state index contributed by atoms with van der Waals surface area (Å²) in [6.45, 7) is 10.5. The molecule has 6 nitrogen and oxygen atoms in total. The highest BCUT2D eigenvalue weighted by Crippen LogP contribution is 2.43. The van der Waals surface area contributed by atoms with Crippen LogP contribution < -0.4 is 10.3 Å². The van der Waals surface area contributed by atoms with Crippen LogP contribution in [0.5, 0.6) is 0 Å². The van der Waals surface area contributed by atoms with Gasteiger partial charge in [-0.05, 0) is 28.7 Å². The van der Waals surface area contributed by atoms with Crippen molar-refractivity contribution >= 4 is 33.3 Å². The van der Waals surface area contributed by atoms with Gasteiger partial charge in [-0.15, -0.1) is 10.2 Å². The Kier molecular flexibility index (Phi) is 4.97. The molecule has 0 bridgehead atoms. The van der Waals surface area contributed by atoms with E-state index in [1.54, 1.807) is 29.2 Å². The van der Waals surface area contributed by atoms with Crippen molar-refractivity contribution in [3.8, 4) is 0 Å². The molecule has 168 valence electrons. The number of hydrogen-bond acceptors (Lipinski definition) is 6. The Bertz CT molecular complexity index is 1430. The maximum absolute atomic E-state index is 13.6. The average Bonchev–Trinajstić information content (AvgIpc) is 3.37. The van der Waals surface area contributed by atoms with Gasteiger partial charge in [0.25, 0.3) is 5.91 Å². The van der Waals surface area contributed by atoms with Crippen LogP contribution >= 0.6 is 11.3 Å². The fourth-order valence-electron chi connectivity index (χ4n) is 4.15. The number of rotatable bonds is 3. The van der Waals surface area contributed by atoms with Crippen molar-refractivity contribution in [2.45, 2.75) is 52.0 Å². The van der Waals surface area contributed by atoms with Crippen LogP contribution in [0.1, 0.15) is 78.8 Å². The molecule has 4 aromatic rings. The lowest BCUT2D eigenvalue weighted by molar-refractivity contribution is 0.0970. The molecule has 1 aliphatic rings. The molecular formula is C26H25N3O3S. The summed E-state index contributed by atoms with van der Waals surface area (Å²) in [5.74, 6) is -0.114. The van der Waals surface area contributed by atoms with Crippen molar-refractivity contribution in [2.75, 3.05) is 4.90 Å². The van der Waals surface area contributed by atoms with Gasteiger partial charge in [0, 0.05) is 5.92 Å². The standard InChI is InChI=1S/C26H25N3O3S/c1-14(2)23-27-28-25(33-23)29-20(15-10-12-16(13-11-15)26(3,4)5)19-21(30)17-8-6-7-9-18(17)32-22(19)24(29)31/h6-14,20H,1-5H3/t20-/m1/s1. The van der Waals surface area contributed by atoms with E-state index in [1.165, 1.54) is 16.9 Å². The van der Waals surface area contributed by atoms with Gasteiger partial charge in [-0.2, -0.15) is 0 Å². The van der Waals surface area contributed by atoms with E-state index in [0.717, 1.165) is 10.6 Å². The van der Waals surface area contributed by atoms with E-state index < -0.39 is 6.04 Å². The Morgan fingerprint density at radius 1 is 1.00 bits per heavy atom. The zero-order chi connectivity index (χ0) is 23.5. The summed E-state index contributed by atoms with van der Waals surface area (Å²) in [4.78, 5) is 28.8. The highest BCUT2D eigenvalue weighted by Gasteiger charge is 2.45. The first-order valence-corrected chi connectivity index (χ1v) is 11.8. The molecule has 2 aromatic heterocycles. The first-order chi connectivity index (χ1) is 15.7. The highest BCUT2D eigenvalue weighted by molar-refractivity contribution is 7.15. The first-order valence-electron chi connectivity index (χ1n) is 11.0. The van der Waals surface area contributed by atoms with E-state index in [2.05, 4.69) is 43.1 Å². The van der Waals surface area contributed by atoms with Gasteiger partial charge in [0.05, 0.1) is 17.0 Å². The summed E-state index contributed by atoms with van der Waals surface area (Å²) >= 11 is 1.37. The Balaban J connectivity index is 1.74. The van der Waals surface area contributed by atoms with Crippen LogP contribution in [0.4, 0.5) is 5.13 Å². The van der Waals surface area contributed by atoms with Gasteiger partial charge in [-0.25, -0.2) is 0 Å². The summed E-state index contributed by atoms with van der Waals surface area (Å²) in [5.41, 5.74) is 2.55. The van der Waals surface area contributed by atoms with Gasteiger partial charge >= 0.3 is 0 Å². The van der Waals surface area contributed by atoms with Gasteiger partial charge in [0.1, 0.15) is 10.6 Å². The predicted octanol–water partition coefficient (Wildman–Crippen LogP) is 5.82. The largest absolute Gasteiger partial charge is 0.450 e. The lowest BCUT2D eigenvalue weighted by atomic mass is 9.86. The van der Waals surface area contributed by atoms with Crippen molar-refractivity contribution in [3.05, 3.63) is 86.2 Å². The SMILES string of the molecule is CC(C)c1nnc(N2C(=O)c3oc4ccccc4c(=O)c3[C@H]2c2ccc(C(C)(C)C)cc2)s1. The van der Waals surface area contributed by atoms with E-state index in [0.29, 0.717) is 21.7 Å². The Hall–Kier alpha value is -3.32. The molecular weight excluding hydrogens is 434 g/mol. The van der Waals surface area contributed by atoms with Crippen LogP contribution in [-0.2, 0) is 5.41 Å². The summed E-state index contributed by atoms with van der Waals surface area (Å²) in [5, 5.41) is 10.3. The third kappa shape index (κ3) is 3.47. The molecule has 33 heavy (non-hydrogen) atoms. The van der Waals surface area contributed by atoms with Crippen molar-refractivity contribution in [1.29, 1.82) is 0 Å². The molecule has 1 atom stereocenters. The highest BCUT2D eigenvalue weighted by atomic mass is 32.1. The number of amides is 1.